The van der Waals surface area contributed by atoms with Gasteiger partial charge in [-0.2, -0.15) is 5.10 Å². The second kappa shape index (κ2) is 6.59. The highest BCUT2D eigenvalue weighted by Gasteiger charge is 2.23. The van der Waals surface area contributed by atoms with E-state index in [1.54, 1.807) is 0 Å². The third-order valence-electron chi connectivity index (χ3n) is 4.50. The van der Waals surface area contributed by atoms with Gasteiger partial charge in [-0.3, -0.25) is 10.1 Å². The maximum absolute atomic E-state index is 14.0. The van der Waals surface area contributed by atoms with Gasteiger partial charge in [0.05, 0.1) is 16.7 Å². The van der Waals surface area contributed by atoms with Crippen molar-refractivity contribution in [1.82, 2.24) is 9.78 Å². The summed E-state index contributed by atoms with van der Waals surface area (Å²) in [4.78, 5) is 10.1. The van der Waals surface area contributed by atoms with Crippen LogP contribution in [0.3, 0.4) is 0 Å². The fourth-order valence-electron chi connectivity index (χ4n) is 3.28. The van der Waals surface area contributed by atoms with Crippen LogP contribution in [0.2, 0.25) is 0 Å². The molecule has 26 heavy (non-hydrogen) atoms. The summed E-state index contributed by atoms with van der Waals surface area (Å²) in [6.45, 7) is 0.122. The molecule has 0 spiro atoms. The number of hydrogen-bond acceptors (Lipinski definition) is 4. The molecule has 4 rings (SSSR count). The number of ether oxygens (including phenoxy) is 1. The molecule has 0 fully saturated rings. The summed E-state index contributed by atoms with van der Waals surface area (Å²) in [5, 5.41) is 15.3. The first-order chi connectivity index (χ1) is 12.6. The molecular weight excluding hydrogens is 337 g/mol. The lowest BCUT2D eigenvalue weighted by molar-refractivity contribution is -0.385. The summed E-state index contributed by atoms with van der Waals surface area (Å²) in [5.41, 5.74) is 3.77. The maximum atomic E-state index is 14.0. The van der Waals surface area contributed by atoms with Gasteiger partial charge in [-0.15, -0.1) is 0 Å². The van der Waals surface area contributed by atoms with Crippen molar-refractivity contribution in [1.29, 1.82) is 0 Å². The van der Waals surface area contributed by atoms with Crippen molar-refractivity contribution >= 4 is 5.69 Å². The zero-order chi connectivity index (χ0) is 18.1. The molecule has 3 aromatic rings. The summed E-state index contributed by atoms with van der Waals surface area (Å²) in [5.74, 6) is -0.769. The molecule has 132 valence electrons. The molecule has 7 heteroatoms. The van der Waals surface area contributed by atoms with Crippen LogP contribution in [-0.4, -0.2) is 14.7 Å². The molecule has 0 radical (unpaired) electrons. The van der Waals surface area contributed by atoms with Crippen LogP contribution >= 0.6 is 0 Å². The van der Waals surface area contributed by atoms with Crippen molar-refractivity contribution in [3.8, 4) is 11.4 Å². The number of halogens is 1. The van der Waals surface area contributed by atoms with Crippen LogP contribution in [0.25, 0.3) is 5.69 Å². The highest BCUT2D eigenvalue weighted by atomic mass is 19.1. The van der Waals surface area contributed by atoms with Crippen molar-refractivity contribution in [3.63, 3.8) is 0 Å². The van der Waals surface area contributed by atoms with Gasteiger partial charge in [0.25, 0.3) is 5.69 Å². The van der Waals surface area contributed by atoms with Crippen molar-refractivity contribution in [2.24, 2.45) is 0 Å². The van der Waals surface area contributed by atoms with Gasteiger partial charge in [0.1, 0.15) is 12.3 Å². The predicted molar refractivity (Wildman–Crippen MR) is 93.0 cm³/mol. The minimum atomic E-state index is -0.752. The SMILES string of the molecule is O=[N+]([O-])c1ccc(OCc2nn(-c3ccccc3)c3c2CCC3)c(F)c1. The van der Waals surface area contributed by atoms with Gasteiger partial charge < -0.3 is 4.74 Å². The first-order valence-electron chi connectivity index (χ1n) is 8.35. The first-order valence-corrected chi connectivity index (χ1v) is 8.35. The molecule has 0 bridgehead atoms. The molecule has 0 saturated carbocycles. The smallest absolute Gasteiger partial charge is 0.272 e. The fourth-order valence-corrected chi connectivity index (χ4v) is 3.28. The van der Waals surface area contributed by atoms with E-state index in [9.17, 15) is 14.5 Å². The number of fused-ring (bicyclic) bond motifs is 1. The monoisotopic (exact) mass is 353 g/mol. The third-order valence-corrected chi connectivity index (χ3v) is 4.50. The largest absolute Gasteiger partial charge is 0.484 e. The molecule has 1 heterocycles. The van der Waals surface area contributed by atoms with Gasteiger partial charge in [0.15, 0.2) is 11.6 Å². The van der Waals surface area contributed by atoms with Crippen LogP contribution in [0.1, 0.15) is 23.4 Å². The van der Waals surface area contributed by atoms with Gasteiger partial charge in [0.2, 0.25) is 0 Å². The van der Waals surface area contributed by atoms with Crippen LogP contribution in [0, 0.1) is 15.9 Å². The van der Waals surface area contributed by atoms with E-state index in [-0.39, 0.29) is 18.0 Å². The van der Waals surface area contributed by atoms with E-state index in [0.29, 0.717) is 0 Å². The number of aromatic nitrogens is 2. The molecule has 0 saturated heterocycles. The summed E-state index contributed by atoms with van der Waals surface area (Å²) < 4.78 is 21.5. The second-order valence-corrected chi connectivity index (χ2v) is 6.13. The van der Waals surface area contributed by atoms with Gasteiger partial charge in [-0.25, -0.2) is 9.07 Å². The lowest BCUT2D eigenvalue weighted by Crippen LogP contribution is -2.04. The number of nitro groups is 1. The molecular formula is C19H16FN3O3. The van der Waals surface area contributed by atoms with E-state index in [0.717, 1.165) is 42.3 Å². The molecule has 1 aromatic heterocycles. The Morgan fingerprint density at radius 2 is 2.00 bits per heavy atom. The van der Waals surface area contributed by atoms with E-state index in [4.69, 9.17) is 4.74 Å². The van der Waals surface area contributed by atoms with Crippen LogP contribution in [0.4, 0.5) is 10.1 Å². The van der Waals surface area contributed by atoms with Crippen LogP contribution in [0.5, 0.6) is 5.75 Å². The Hall–Kier alpha value is -3.22. The number of non-ortho nitro benzene ring substituents is 1. The molecule has 6 nitrogen and oxygen atoms in total. The van der Waals surface area contributed by atoms with Crippen LogP contribution in [-0.2, 0) is 19.4 Å². The Morgan fingerprint density at radius 3 is 2.73 bits per heavy atom. The van der Waals surface area contributed by atoms with Crippen molar-refractivity contribution in [2.45, 2.75) is 25.9 Å². The van der Waals surface area contributed by atoms with Gasteiger partial charge in [-0.1, -0.05) is 18.2 Å². The number of benzene rings is 2. The number of nitro benzene ring substituents is 1. The van der Waals surface area contributed by atoms with Crippen LogP contribution in [0.15, 0.2) is 48.5 Å². The van der Waals surface area contributed by atoms with Gasteiger partial charge >= 0.3 is 0 Å². The quantitative estimate of drug-likeness (QED) is 0.514. The average Bonchev–Trinajstić information content (AvgIpc) is 3.24. The topological polar surface area (TPSA) is 70.2 Å². The maximum Gasteiger partial charge on any atom is 0.272 e. The van der Waals surface area contributed by atoms with E-state index >= 15 is 0 Å². The minimum absolute atomic E-state index is 0.0170. The lowest BCUT2D eigenvalue weighted by atomic mass is 10.2. The zero-order valence-corrected chi connectivity index (χ0v) is 13.9. The second-order valence-electron chi connectivity index (χ2n) is 6.13. The van der Waals surface area contributed by atoms with Crippen molar-refractivity contribution < 1.29 is 14.1 Å². The molecule has 0 aliphatic heterocycles. The first kappa shape index (κ1) is 16.3. The molecule has 0 N–H and O–H groups in total. The summed E-state index contributed by atoms with van der Waals surface area (Å²) in [7, 11) is 0. The van der Waals surface area contributed by atoms with Gasteiger partial charge in [-0.05, 0) is 37.5 Å². The van der Waals surface area contributed by atoms with E-state index in [1.807, 2.05) is 35.0 Å². The molecule has 1 aliphatic rings. The number of hydrogen-bond donors (Lipinski definition) is 0. The zero-order valence-electron chi connectivity index (χ0n) is 13.9. The Balaban J connectivity index is 1.59. The number of nitrogens with zero attached hydrogens (tertiary/aromatic N) is 3. The summed E-state index contributed by atoms with van der Waals surface area (Å²) in [6, 6.07) is 13.2. The highest BCUT2D eigenvalue weighted by Crippen LogP contribution is 2.29. The molecule has 0 amide bonds. The van der Waals surface area contributed by atoms with Crippen LogP contribution < -0.4 is 4.74 Å². The minimum Gasteiger partial charge on any atom is -0.484 e. The Morgan fingerprint density at radius 1 is 1.19 bits per heavy atom. The molecule has 0 atom stereocenters. The Labute approximate surface area is 149 Å². The van der Waals surface area contributed by atoms with E-state index < -0.39 is 10.7 Å². The molecule has 2 aromatic carbocycles. The van der Waals surface area contributed by atoms with E-state index in [2.05, 4.69) is 5.10 Å². The average molecular weight is 353 g/mol. The standard InChI is InChI=1S/C19H16FN3O3/c20-16-11-14(23(24)25)9-10-19(16)26-12-17-15-7-4-8-18(15)22(21-17)13-5-2-1-3-6-13/h1-3,5-6,9-11H,4,7-8,12H2. The highest BCUT2D eigenvalue weighted by molar-refractivity contribution is 5.41. The normalized spacial score (nSPS) is 12.8. The molecule has 0 unspecified atom stereocenters. The van der Waals surface area contributed by atoms with Crippen molar-refractivity contribution in [2.75, 3.05) is 0 Å². The van der Waals surface area contributed by atoms with Crippen molar-refractivity contribution in [3.05, 3.63) is 81.4 Å². The lowest BCUT2D eigenvalue weighted by Gasteiger charge is -2.07. The van der Waals surface area contributed by atoms with Gasteiger partial charge in [0, 0.05) is 17.3 Å². The summed E-state index contributed by atoms with van der Waals surface area (Å²) in [6.07, 6.45) is 2.92. The number of para-hydroxylation sites is 1. The van der Waals surface area contributed by atoms with E-state index in [1.165, 1.54) is 17.8 Å². The fraction of sp³-hybridized carbons (Fsp3) is 0.211. The Bertz CT molecular complexity index is 970. The predicted octanol–water partition coefficient (Wildman–Crippen LogP) is 3.99. The Kier molecular flexibility index (Phi) is 4.12. The number of rotatable bonds is 5. The molecule has 1 aliphatic carbocycles. The summed E-state index contributed by atoms with van der Waals surface area (Å²) >= 11 is 0. The third kappa shape index (κ3) is 2.92.